The van der Waals surface area contributed by atoms with Gasteiger partial charge in [-0.1, -0.05) is 25.1 Å². The van der Waals surface area contributed by atoms with Gasteiger partial charge in [0.05, 0.1) is 0 Å². The monoisotopic (exact) mass is 260 g/mol. The molecule has 0 saturated heterocycles. The molecule has 0 fully saturated rings. The number of hydrogen-bond acceptors (Lipinski definition) is 3. The van der Waals surface area contributed by atoms with Crippen LogP contribution in [0.2, 0.25) is 0 Å². The van der Waals surface area contributed by atoms with Crippen molar-refractivity contribution in [2.75, 3.05) is 0 Å². The zero-order chi connectivity index (χ0) is 13.8. The summed E-state index contributed by atoms with van der Waals surface area (Å²) in [7, 11) is 0. The molecule has 100 valence electrons. The van der Waals surface area contributed by atoms with Gasteiger partial charge >= 0.3 is 5.97 Å². The standard InChI is InChI=1S/C14H16N2O3/c1-3-11(19-10-7-5-4-6-8-10)13-12(14(17)18)9(2)15-16-13/h4-8,11H,3H2,1-2H3,(H,15,16)(H,17,18). The van der Waals surface area contributed by atoms with Gasteiger partial charge in [0.1, 0.15) is 23.1 Å². The first kappa shape index (κ1) is 13.1. The molecular formula is C14H16N2O3. The van der Waals surface area contributed by atoms with Crippen LogP contribution in [0, 0.1) is 6.92 Å². The van der Waals surface area contributed by atoms with Gasteiger partial charge in [-0.05, 0) is 25.5 Å². The normalized spacial score (nSPS) is 12.1. The number of carbonyl (C=O) groups is 1. The molecule has 1 unspecified atom stereocenters. The van der Waals surface area contributed by atoms with Crippen molar-refractivity contribution in [1.29, 1.82) is 0 Å². The third-order valence-electron chi connectivity index (χ3n) is 2.89. The predicted molar refractivity (Wildman–Crippen MR) is 70.4 cm³/mol. The summed E-state index contributed by atoms with van der Waals surface area (Å²) < 4.78 is 5.81. The Labute approximate surface area is 111 Å². The minimum absolute atomic E-state index is 0.197. The number of carboxylic acid groups (broad SMARTS) is 1. The molecule has 0 aliphatic heterocycles. The van der Waals surface area contributed by atoms with Gasteiger partial charge in [0.2, 0.25) is 0 Å². The highest BCUT2D eigenvalue weighted by Crippen LogP contribution is 2.26. The van der Waals surface area contributed by atoms with E-state index in [1.54, 1.807) is 6.92 Å². The molecule has 1 heterocycles. The number of aromatic carboxylic acids is 1. The summed E-state index contributed by atoms with van der Waals surface area (Å²) >= 11 is 0. The van der Waals surface area contributed by atoms with Gasteiger partial charge in [0, 0.05) is 5.69 Å². The second kappa shape index (κ2) is 5.56. The molecule has 1 atom stereocenters. The van der Waals surface area contributed by atoms with Crippen LogP contribution in [0.25, 0.3) is 0 Å². The number of nitrogens with one attached hydrogen (secondary N) is 1. The van der Waals surface area contributed by atoms with E-state index in [4.69, 9.17) is 4.74 Å². The summed E-state index contributed by atoms with van der Waals surface area (Å²) in [5.41, 5.74) is 1.18. The maximum Gasteiger partial charge on any atom is 0.339 e. The second-order valence-electron chi connectivity index (χ2n) is 4.24. The minimum Gasteiger partial charge on any atom is -0.484 e. The van der Waals surface area contributed by atoms with Gasteiger partial charge in [-0.3, -0.25) is 5.10 Å². The van der Waals surface area contributed by atoms with E-state index in [1.807, 2.05) is 37.3 Å². The van der Waals surface area contributed by atoms with Crippen molar-refractivity contribution >= 4 is 5.97 Å². The molecule has 5 heteroatoms. The molecule has 0 saturated carbocycles. The van der Waals surface area contributed by atoms with E-state index in [0.717, 1.165) is 0 Å². The van der Waals surface area contributed by atoms with Crippen LogP contribution >= 0.6 is 0 Å². The second-order valence-corrected chi connectivity index (χ2v) is 4.24. The lowest BCUT2D eigenvalue weighted by Crippen LogP contribution is -2.12. The van der Waals surface area contributed by atoms with Gasteiger partial charge in [0.15, 0.2) is 0 Å². The first-order valence-corrected chi connectivity index (χ1v) is 6.13. The van der Waals surface area contributed by atoms with Crippen molar-refractivity contribution in [2.24, 2.45) is 0 Å². The molecule has 0 spiro atoms. The molecule has 0 radical (unpaired) electrons. The minimum atomic E-state index is -0.989. The summed E-state index contributed by atoms with van der Waals surface area (Å²) in [6, 6.07) is 9.31. The van der Waals surface area contributed by atoms with Crippen LogP contribution in [0.15, 0.2) is 30.3 Å². The summed E-state index contributed by atoms with van der Waals surface area (Å²) in [6.45, 7) is 3.62. The number of hydrogen-bond donors (Lipinski definition) is 2. The molecule has 0 bridgehead atoms. The molecule has 1 aromatic carbocycles. The third kappa shape index (κ3) is 2.76. The topological polar surface area (TPSA) is 75.2 Å². The Morgan fingerprint density at radius 3 is 2.68 bits per heavy atom. The Kier molecular flexibility index (Phi) is 3.85. The third-order valence-corrected chi connectivity index (χ3v) is 2.89. The fourth-order valence-electron chi connectivity index (χ4n) is 1.95. The molecule has 2 rings (SSSR count). The number of benzene rings is 1. The van der Waals surface area contributed by atoms with Crippen LogP contribution in [0.5, 0.6) is 5.75 Å². The van der Waals surface area contributed by atoms with Crippen molar-refractivity contribution in [3.63, 3.8) is 0 Å². The van der Waals surface area contributed by atoms with Crippen LogP contribution in [-0.4, -0.2) is 21.3 Å². The van der Waals surface area contributed by atoms with E-state index >= 15 is 0 Å². The van der Waals surface area contributed by atoms with Gasteiger partial charge in [-0.25, -0.2) is 4.79 Å². The Balaban J connectivity index is 2.30. The van der Waals surface area contributed by atoms with Gasteiger partial charge in [0.25, 0.3) is 0 Å². The van der Waals surface area contributed by atoms with Crippen LogP contribution < -0.4 is 4.74 Å². The van der Waals surface area contributed by atoms with Gasteiger partial charge in [-0.2, -0.15) is 5.10 Å². The highest BCUT2D eigenvalue weighted by molar-refractivity contribution is 5.90. The molecule has 2 N–H and O–H groups in total. The Bertz CT molecular complexity index is 563. The SMILES string of the molecule is CCC(Oc1ccccc1)c1n[nH]c(C)c1C(=O)O. The summed E-state index contributed by atoms with van der Waals surface area (Å²) in [5, 5.41) is 16.0. The smallest absolute Gasteiger partial charge is 0.339 e. The van der Waals surface area contributed by atoms with Gasteiger partial charge < -0.3 is 9.84 Å². The van der Waals surface area contributed by atoms with E-state index < -0.39 is 5.97 Å². The molecular weight excluding hydrogens is 244 g/mol. The van der Waals surface area contributed by atoms with Crippen LogP contribution in [0.4, 0.5) is 0 Å². The highest BCUT2D eigenvalue weighted by atomic mass is 16.5. The average Bonchev–Trinajstić information content (AvgIpc) is 2.79. The lowest BCUT2D eigenvalue weighted by molar-refractivity contribution is 0.0690. The molecule has 1 aromatic heterocycles. The Morgan fingerprint density at radius 2 is 2.11 bits per heavy atom. The first-order chi connectivity index (χ1) is 9.13. The number of para-hydroxylation sites is 1. The van der Waals surface area contributed by atoms with Crippen LogP contribution in [-0.2, 0) is 0 Å². The number of ether oxygens (including phenoxy) is 1. The predicted octanol–water partition coefficient (Wildman–Crippen LogP) is 2.95. The van der Waals surface area contributed by atoms with Crippen molar-refractivity contribution in [1.82, 2.24) is 10.2 Å². The molecule has 0 aliphatic carbocycles. The lowest BCUT2D eigenvalue weighted by atomic mass is 10.1. The van der Waals surface area contributed by atoms with E-state index in [2.05, 4.69) is 10.2 Å². The fourth-order valence-corrected chi connectivity index (χ4v) is 1.95. The van der Waals surface area contributed by atoms with E-state index in [9.17, 15) is 9.90 Å². The van der Waals surface area contributed by atoms with E-state index in [0.29, 0.717) is 23.6 Å². The molecule has 5 nitrogen and oxygen atoms in total. The lowest BCUT2D eigenvalue weighted by Gasteiger charge is -2.16. The van der Waals surface area contributed by atoms with Crippen molar-refractivity contribution in [2.45, 2.75) is 26.4 Å². The summed E-state index contributed by atoms with van der Waals surface area (Å²) in [6.07, 6.45) is 0.262. The number of carboxylic acids is 1. The molecule has 0 amide bonds. The van der Waals surface area contributed by atoms with Crippen LogP contribution in [0.1, 0.15) is 41.2 Å². The van der Waals surface area contributed by atoms with Gasteiger partial charge in [-0.15, -0.1) is 0 Å². The van der Waals surface area contributed by atoms with Crippen LogP contribution in [0.3, 0.4) is 0 Å². The summed E-state index contributed by atoms with van der Waals surface area (Å²) in [4.78, 5) is 11.3. The maximum absolute atomic E-state index is 11.3. The highest BCUT2D eigenvalue weighted by Gasteiger charge is 2.24. The Hall–Kier alpha value is -2.30. The molecule has 19 heavy (non-hydrogen) atoms. The first-order valence-electron chi connectivity index (χ1n) is 6.13. The number of aromatic nitrogens is 2. The quantitative estimate of drug-likeness (QED) is 0.866. The number of aromatic amines is 1. The van der Waals surface area contributed by atoms with E-state index in [1.165, 1.54) is 0 Å². The zero-order valence-corrected chi connectivity index (χ0v) is 10.9. The summed E-state index contributed by atoms with van der Waals surface area (Å²) in [5.74, 6) is -0.289. The van der Waals surface area contributed by atoms with Crippen molar-refractivity contribution < 1.29 is 14.6 Å². The Morgan fingerprint density at radius 1 is 1.42 bits per heavy atom. The zero-order valence-electron chi connectivity index (χ0n) is 10.9. The van der Waals surface area contributed by atoms with E-state index in [-0.39, 0.29) is 11.7 Å². The molecule has 0 aliphatic rings. The number of rotatable bonds is 5. The number of nitrogens with zero attached hydrogens (tertiary/aromatic N) is 1. The molecule has 2 aromatic rings. The van der Waals surface area contributed by atoms with Crippen molar-refractivity contribution in [3.8, 4) is 5.75 Å². The average molecular weight is 260 g/mol. The fraction of sp³-hybridized carbons (Fsp3) is 0.286. The maximum atomic E-state index is 11.3. The van der Waals surface area contributed by atoms with Crippen molar-refractivity contribution in [3.05, 3.63) is 47.3 Å². The largest absolute Gasteiger partial charge is 0.484 e. The number of aryl methyl sites for hydroxylation is 1. The number of H-pyrrole nitrogens is 1.